The second kappa shape index (κ2) is 5.70. The van der Waals surface area contributed by atoms with Gasteiger partial charge in [0.2, 0.25) is 0 Å². The second-order valence-corrected chi connectivity index (χ2v) is 5.23. The molecule has 5 heteroatoms. The van der Waals surface area contributed by atoms with Crippen molar-refractivity contribution in [1.29, 1.82) is 0 Å². The molecule has 1 aromatic heterocycles. The molecule has 0 aliphatic heterocycles. The quantitative estimate of drug-likeness (QED) is 0.626. The van der Waals surface area contributed by atoms with Crippen molar-refractivity contribution in [3.8, 4) is 0 Å². The average Bonchev–Trinajstić information content (AvgIpc) is 2.84. The van der Waals surface area contributed by atoms with E-state index in [1.165, 1.54) is 43.8 Å². The molecule has 1 fully saturated rings. The molecule has 4 nitrogen and oxygen atoms in total. The molecule has 3 N–H and O–H groups in total. The Morgan fingerprint density at radius 3 is 3.12 bits per heavy atom. The van der Waals surface area contributed by atoms with Gasteiger partial charge in [0.15, 0.2) is 0 Å². The van der Waals surface area contributed by atoms with Crippen molar-refractivity contribution in [2.24, 2.45) is 17.7 Å². The minimum Gasteiger partial charge on any atom is -0.271 e. The Kier molecular flexibility index (Phi) is 4.26. The summed E-state index contributed by atoms with van der Waals surface area (Å²) in [5, 5.41) is 0. The molecule has 1 aromatic rings. The van der Waals surface area contributed by atoms with E-state index in [9.17, 15) is 0 Å². The van der Waals surface area contributed by atoms with Crippen molar-refractivity contribution in [3.05, 3.63) is 11.9 Å². The van der Waals surface area contributed by atoms with Crippen molar-refractivity contribution >= 4 is 11.7 Å². The van der Waals surface area contributed by atoms with Crippen molar-refractivity contribution < 1.29 is 0 Å². The molecular formula is C11H20N4S. The van der Waals surface area contributed by atoms with E-state index in [-0.39, 0.29) is 6.04 Å². The van der Waals surface area contributed by atoms with Gasteiger partial charge in [-0.25, -0.2) is 0 Å². The summed E-state index contributed by atoms with van der Waals surface area (Å²) in [4.78, 5) is 0. The minimum absolute atomic E-state index is 0.188. The Labute approximate surface area is 101 Å². The van der Waals surface area contributed by atoms with Crippen LogP contribution in [0.5, 0.6) is 0 Å². The summed E-state index contributed by atoms with van der Waals surface area (Å²) in [6.45, 7) is 2.28. The Hall–Kier alpha value is -0.520. The molecule has 0 amide bonds. The number of nitrogens with one attached hydrogen (secondary N) is 1. The SMILES string of the molecule is CCC1CCCC(C(NN)c2cnsn2)C1. The highest BCUT2D eigenvalue weighted by molar-refractivity contribution is 6.99. The first-order chi connectivity index (χ1) is 7.85. The Morgan fingerprint density at radius 2 is 2.50 bits per heavy atom. The lowest BCUT2D eigenvalue weighted by Gasteiger charge is -2.33. The fraction of sp³-hybridized carbons (Fsp3) is 0.818. The fourth-order valence-corrected chi connectivity index (χ4v) is 3.24. The highest BCUT2D eigenvalue weighted by Crippen LogP contribution is 2.37. The van der Waals surface area contributed by atoms with Crippen molar-refractivity contribution in [2.75, 3.05) is 0 Å². The topological polar surface area (TPSA) is 63.8 Å². The fourth-order valence-electron chi connectivity index (χ4n) is 2.78. The number of nitrogens with two attached hydrogens (primary N) is 1. The first kappa shape index (κ1) is 12.0. The molecule has 1 aliphatic rings. The summed E-state index contributed by atoms with van der Waals surface area (Å²) >= 11 is 1.26. The molecule has 16 heavy (non-hydrogen) atoms. The zero-order valence-corrected chi connectivity index (χ0v) is 10.5. The lowest BCUT2D eigenvalue weighted by atomic mass is 9.76. The van der Waals surface area contributed by atoms with Gasteiger partial charge in [0.25, 0.3) is 0 Å². The van der Waals surface area contributed by atoms with E-state index in [0.717, 1.165) is 11.6 Å². The highest BCUT2D eigenvalue weighted by atomic mass is 32.1. The summed E-state index contributed by atoms with van der Waals surface area (Å²) in [6.07, 6.45) is 8.33. The van der Waals surface area contributed by atoms with Gasteiger partial charge in [0, 0.05) is 0 Å². The summed E-state index contributed by atoms with van der Waals surface area (Å²) < 4.78 is 8.36. The largest absolute Gasteiger partial charge is 0.271 e. The molecular weight excluding hydrogens is 220 g/mol. The molecule has 0 radical (unpaired) electrons. The van der Waals surface area contributed by atoms with Gasteiger partial charge in [-0.3, -0.25) is 11.3 Å². The van der Waals surface area contributed by atoms with Gasteiger partial charge >= 0.3 is 0 Å². The smallest absolute Gasteiger partial charge is 0.0928 e. The van der Waals surface area contributed by atoms with Crippen LogP contribution in [0.4, 0.5) is 0 Å². The molecule has 1 aliphatic carbocycles. The van der Waals surface area contributed by atoms with E-state index in [1.807, 2.05) is 6.20 Å². The number of nitrogens with zero attached hydrogens (tertiary/aromatic N) is 2. The Morgan fingerprint density at radius 1 is 1.62 bits per heavy atom. The summed E-state index contributed by atoms with van der Waals surface area (Å²) in [5.74, 6) is 7.15. The number of aromatic nitrogens is 2. The van der Waals surface area contributed by atoms with Gasteiger partial charge in [-0.05, 0) is 24.7 Å². The van der Waals surface area contributed by atoms with Crippen LogP contribution in [0.2, 0.25) is 0 Å². The van der Waals surface area contributed by atoms with Crippen LogP contribution in [0.1, 0.15) is 50.8 Å². The number of hydrogen-bond donors (Lipinski definition) is 2. The summed E-state index contributed by atoms with van der Waals surface area (Å²) in [5.41, 5.74) is 3.93. The first-order valence-electron chi connectivity index (χ1n) is 6.08. The third-order valence-electron chi connectivity index (χ3n) is 3.75. The van der Waals surface area contributed by atoms with Crippen LogP contribution in [0.3, 0.4) is 0 Å². The molecule has 1 heterocycles. The first-order valence-corrected chi connectivity index (χ1v) is 6.81. The number of rotatable bonds is 4. The molecule has 0 bridgehead atoms. The van der Waals surface area contributed by atoms with Crippen LogP contribution in [-0.4, -0.2) is 8.75 Å². The van der Waals surface area contributed by atoms with Crippen molar-refractivity contribution in [2.45, 2.75) is 45.1 Å². The third-order valence-corrected chi connectivity index (χ3v) is 4.24. The van der Waals surface area contributed by atoms with Crippen LogP contribution >= 0.6 is 11.7 Å². The summed E-state index contributed by atoms with van der Waals surface area (Å²) in [7, 11) is 0. The maximum absolute atomic E-state index is 5.67. The molecule has 0 spiro atoms. The third kappa shape index (κ3) is 2.59. The molecule has 0 saturated heterocycles. The van der Waals surface area contributed by atoms with Gasteiger partial charge < -0.3 is 0 Å². The predicted molar refractivity (Wildman–Crippen MR) is 65.7 cm³/mol. The molecule has 2 rings (SSSR count). The standard InChI is InChI=1S/C11H20N4S/c1-2-8-4-3-5-9(6-8)11(14-12)10-7-13-16-15-10/h7-9,11,14H,2-6,12H2,1H3. The van der Waals surface area contributed by atoms with E-state index in [0.29, 0.717) is 5.92 Å². The van der Waals surface area contributed by atoms with E-state index in [2.05, 4.69) is 21.1 Å². The summed E-state index contributed by atoms with van der Waals surface area (Å²) in [6, 6.07) is 0.188. The van der Waals surface area contributed by atoms with E-state index >= 15 is 0 Å². The number of hydrogen-bond acceptors (Lipinski definition) is 5. The van der Waals surface area contributed by atoms with Crippen LogP contribution in [0.25, 0.3) is 0 Å². The van der Waals surface area contributed by atoms with E-state index in [1.54, 1.807) is 0 Å². The van der Waals surface area contributed by atoms with Gasteiger partial charge in [0.05, 0.1) is 29.7 Å². The average molecular weight is 240 g/mol. The zero-order chi connectivity index (χ0) is 11.4. The molecule has 3 unspecified atom stereocenters. The maximum atomic E-state index is 5.67. The lowest BCUT2D eigenvalue weighted by molar-refractivity contribution is 0.208. The monoisotopic (exact) mass is 240 g/mol. The van der Waals surface area contributed by atoms with Gasteiger partial charge in [-0.2, -0.15) is 8.75 Å². The van der Waals surface area contributed by atoms with Crippen molar-refractivity contribution in [1.82, 2.24) is 14.2 Å². The second-order valence-electron chi connectivity index (χ2n) is 4.68. The van der Waals surface area contributed by atoms with Gasteiger partial charge in [-0.1, -0.05) is 26.2 Å². The predicted octanol–water partition coefficient (Wildman–Crippen LogP) is 2.26. The van der Waals surface area contributed by atoms with E-state index < -0.39 is 0 Å². The van der Waals surface area contributed by atoms with Gasteiger partial charge in [-0.15, -0.1) is 0 Å². The zero-order valence-electron chi connectivity index (χ0n) is 9.72. The van der Waals surface area contributed by atoms with Crippen molar-refractivity contribution in [3.63, 3.8) is 0 Å². The Balaban J connectivity index is 2.03. The lowest BCUT2D eigenvalue weighted by Crippen LogP contribution is -2.36. The van der Waals surface area contributed by atoms with Crippen LogP contribution in [0, 0.1) is 11.8 Å². The van der Waals surface area contributed by atoms with Crippen LogP contribution < -0.4 is 11.3 Å². The molecule has 3 atom stereocenters. The van der Waals surface area contributed by atoms with Crippen LogP contribution in [-0.2, 0) is 0 Å². The molecule has 0 aromatic carbocycles. The minimum atomic E-state index is 0.188. The van der Waals surface area contributed by atoms with Gasteiger partial charge in [0.1, 0.15) is 0 Å². The normalized spacial score (nSPS) is 27.9. The maximum Gasteiger partial charge on any atom is 0.0928 e. The molecule has 1 saturated carbocycles. The van der Waals surface area contributed by atoms with E-state index in [4.69, 9.17) is 5.84 Å². The number of hydrazine groups is 1. The highest BCUT2D eigenvalue weighted by Gasteiger charge is 2.29. The Bertz CT molecular complexity index is 301. The molecule has 90 valence electrons. The van der Waals surface area contributed by atoms with Crippen LogP contribution in [0.15, 0.2) is 6.20 Å².